The van der Waals surface area contributed by atoms with Gasteiger partial charge in [-0.05, 0) is 31.2 Å². The van der Waals surface area contributed by atoms with E-state index in [-0.39, 0.29) is 11.5 Å². The minimum Gasteiger partial charge on any atom is -0.322 e. The summed E-state index contributed by atoms with van der Waals surface area (Å²) >= 11 is 1.48. The molecule has 0 aliphatic rings. The predicted molar refractivity (Wildman–Crippen MR) is 109 cm³/mol. The molecule has 1 aromatic carbocycles. The van der Waals surface area contributed by atoms with Gasteiger partial charge in [0.15, 0.2) is 5.65 Å². The molecule has 0 saturated carbocycles. The van der Waals surface area contributed by atoms with Gasteiger partial charge in [0.1, 0.15) is 5.56 Å². The van der Waals surface area contributed by atoms with Gasteiger partial charge in [-0.1, -0.05) is 23.8 Å². The van der Waals surface area contributed by atoms with Gasteiger partial charge in [0, 0.05) is 29.9 Å². The Balaban J connectivity index is 1.60. The van der Waals surface area contributed by atoms with E-state index in [1.54, 1.807) is 6.20 Å². The van der Waals surface area contributed by atoms with Crippen LogP contribution in [0.3, 0.4) is 0 Å². The molecule has 0 radical (unpaired) electrons. The highest BCUT2D eigenvalue weighted by molar-refractivity contribution is 7.98. The summed E-state index contributed by atoms with van der Waals surface area (Å²) in [6, 6.07) is 14.6. The van der Waals surface area contributed by atoms with Crippen LogP contribution in [0.15, 0.2) is 70.7 Å². The maximum absolute atomic E-state index is 12.7. The molecule has 0 fully saturated rings. The fourth-order valence-corrected chi connectivity index (χ4v) is 3.44. The highest BCUT2D eigenvalue weighted by Gasteiger charge is 2.16. The Morgan fingerprint density at radius 1 is 1.21 bits per heavy atom. The molecule has 1 amide bonds. The molecule has 4 aromatic rings. The van der Waals surface area contributed by atoms with Gasteiger partial charge in [0.05, 0.1) is 10.7 Å². The van der Waals surface area contributed by atoms with Crippen molar-refractivity contribution in [3.8, 4) is 0 Å². The van der Waals surface area contributed by atoms with Crippen LogP contribution in [-0.2, 0) is 5.75 Å². The lowest BCUT2D eigenvalue weighted by Crippen LogP contribution is -2.17. The zero-order chi connectivity index (χ0) is 19.5. The normalized spacial score (nSPS) is 10.9. The molecule has 2 N–H and O–H groups in total. The number of pyridine rings is 1. The molecule has 0 spiro atoms. The number of anilines is 1. The van der Waals surface area contributed by atoms with Gasteiger partial charge in [-0.25, -0.2) is 14.5 Å². The van der Waals surface area contributed by atoms with Crippen molar-refractivity contribution in [3.63, 3.8) is 0 Å². The number of hydrogen-bond donors (Lipinski definition) is 2. The molecule has 3 heterocycles. The molecular weight excluding hydrogens is 374 g/mol. The van der Waals surface area contributed by atoms with Crippen LogP contribution in [0, 0.1) is 6.92 Å². The first kappa shape index (κ1) is 18.0. The van der Waals surface area contributed by atoms with Crippen LogP contribution < -0.4 is 10.9 Å². The third kappa shape index (κ3) is 3.81. The van der Waals surface area contributed by atoms with Crippen molar-refractivity contribution < 1.29 is 4.79 Å². The van der Waals surface area contributed by atoms with E-state index in [9.17, 15) is 9.59 Å². The average Bonchev–Trinajstić information content (AvgIpc) is 3.14. The van der Waals surface area contributed by atoms with Gasteiger partial charge < -0.3 is 5.32 Å². The Labute approximate surface area is 164 Å². The van der Waals surface area contributed by atoms with Crippen molar-refractivity contribution in [2.45, 2.75) is 17.7 Å². The maximum Gasteiger partial charge on any atom is 0.272 e. The largest absolute Gasteiger partial charge is 0.322 e. The number of hydrogen-bond acceptors (Lipinski definition) is 5. The Kier molecular flexibility index (Phi) is 4.94. The molecule has 28 heavy (non-hydrogen) atoms. The number of carbonyl (C=O) groups excluding carboxylic acids is 1. The van der Waals surface area contributed by atoms with Crippen LogP contribution in [0.1, 0.15) is 21.6 Å². The lowest BCUT2D eigenvalue weighted by Gasteiger charge is -2.05. The van der Waals surface area contributed by atoms with E-state index >= 15 is 0 Å². The van der Waals surface area contributed by atoms with E-state index in [0.29, 0.717) is 28.3 Å². The second-order valence-corrected chi connectivity index (χ2v) is 7.20. The Morgan fingerprint density at radius 3 is 2.79 bits per heavy atom. The van der Waals surface area contributed by atoms with Crippen molar-refractivity contribution in [2.24, 2.45) is 0 Å². The predicted octanol–water partition coefficient (Wildman–Crippen LogP) is 3.27. The number of aryl methyl sites for hydroxylation is 1. The quantitative estimate of drug-likeness (QED) is 0.510. The molecule has 0 saturated heterocycles. The van der Waals surface area contributed by atoms with E-state index in [1.807, 2.05) is 49.4 Å². The molecule has 0 aliphatic carbocycles. The minimum absolute atomic E-state index is 0.268. The topological polar surface area (TPSA) is 92.2 Å². The zero-order valence-corrected chi connectivity index (χ0v) is 15.9. The number of thioether (sulfide) groups is 1. The van der Waals surface area contributed by atoms with Crippen LogP contribution in [0.4, 0.5) is 5.69 Å². The molecule has 7 nitrogen and oxygen atoms in total. The third-order valence-electron chi connectivity index (χ3n) is 4.11. The standard InChI is InChI=1S/C20H17N5O2S/c1-13-5-7-14(8-6-13)24-20(27)16-11-22-25-18(26)10-15(23-19(16)25)12-28-17-4-2-3-9-21-17/h2-11,22H,12H2,1H3,(H,24,27). The maximum atomic E-state index is 12.7. The van der Waals surface area contributed by atoms with Crippen LogP contribution >= 0.6 is 11.8 Å². The molecular formula is C20H17N5O2S. The van der Waals surface area contributed by atoms with Crippen molar-refractivity contribution in [1.82, 2.24) is 19.6 Å². The van der Waals surface area contributed by atoms with Crippen molar-refractivity contribution in [1.29, 1.82) is 0 Å². The fourth-order valence-electron chi connectivity index (χ4n) is 2.69. The summed E-state index contributed by atoms with van der Waals surface area (Å²) in [6.45, 7) is 1.98. The van der Waals surface area contributed by atoms with Gasteiger partial charge in [0.25, 0.3) is 11.5 Å². The third-order valence-corrected chi connectivity index (χ3v) is 5.09. The number of nitrogens with one attached hydrogen (secondary N) is 2. The number of benzene rings is 1. The number of nitrogens with zero attached hydrogens (tertiary/aromatic N) is 3. The number of aromatic nitrogens is 4. The summed E-state index contributed by atoms with van der Waals surface area (Å²) in [6.07, 6.45) is 3.20. The van der Waals surface area contributed by atoms with Crippen LogP contribution in [0.25, 0.3) is 5.65 Å². The van der Waals surface area contributed by atoms with Gasteiger partial charge in [0.2, 0.25) is 0 Å². The van der Waals surface area contributed by atoms with Crippen molar-refractivity contribution in [3.05, 3.63) is 88.1 Å². The molecule has 8 heteroatoms. The Hall–Kier alpha value is -3.39. The van der Waals surface area contributed by atoms with Crippen molar-refractivity contribution >= 4 is 29.0 Å². The second-order valence-electron chi connectivity index (χ2n) is 6.21. The van der Waals surface area contributed by atoms with Gasteiger partial charge >= 0.3 is 0 Å². The Bertz CT molecular complexity index is 1180. The van der Waals surface area contributed by atoms with Crippen LogP contribution in [0.2, 0.25) is 0 Å². The average molecular weight is 391 g/mol. The van der Waals surface area contributed by atoms with E-state index in [2.05, 4.69) is 20.4 Å². The molecule has 140 valence electrons. The lowest BCUT2D eigenvalue weighted by atomic mass is 10.2. The summed E-state index contributed by atoms with van der Waals surface area (Å²) in [5.41, 5.74) is 2.71. The highest BCUT2D eigenvalue weighted by atomic mass is 32.2. The van der Waals surface area contributed by atoms with E-state index < -0.39 is 0 Å². The van der Waals surface area contributed by atoms with Gasteiger partial charge in [-0.3, -0.25) is 14.7 Å². The zero-order valence-electron chi connectivity index (χ0n) is 15.0. The first-order chi connectivity index (χ1) is 13.6. The van der Waals surface area contributed by atoms with E-state index in [1.165, 1.54) is 28.5 Å². The lowest BCUT2D eigenvalue weighted by molar-refractivity contribution is 0.102. The second kappa shape index (κ2) is 7.69. The number of rotatable bonds is 5. The summed E-state index contributed by atoms with van der Waals surface area (Å²) in [5.74, 6) is 0.150. The number of H-pyrrole nitrogens is 1. The van der Waals surface area contributed by atoms with E-state index in [4.69, 9.17) is 0 Å². The van der Waals surface area contributed by atoms with Crippen molar-refractivity contribution in [2.75, 3.05) is 5.32 Å². The van der Waals surface area contributed by atoms with Crippen LogP contribution in [0.5, 0.6) is 0 Å². The number of carbonyl (C=O) groups is 1. The molecule has 0 aliphatic heterocycles. The summed E-state index contributed by atoms with van der Waals surface area (Å²) in [4.78, 5) is 33.8. The first-order valence-electron chi connectivity index (χ1n) is 8.62. The summed E-state index contributed by atoms with van der Waals surface area (Å²) in [5, 5.41) is 6.47. The molecule has 4 rings (SSSR count). The monoisotopic (exact) mass is 391 g/mol. The smallest absolute Gasteiger partial charge is 0.272 e. The minimum atomic E-state index is -0.330. The van der Waals surface area contributed by atoms with E-state index in [0.717, 1.165) is 10.6 Å². The molecule has 0 bridgehead atoms. The first-order valence-corrected chi connectivity index (χ1v) is 9.60. The van der Waals surface area contributed by atoms with Gasteiger partial charge in [-0.15, -0.1) is 11.8 Å². The molecule has 3 aromatic heterocycles. The fraction of sp³-hybridized carbons (Fsp3) is 0.100. The molecule has 0 atom stereocenters. The highest BCUT2D eigenvalue weighted by Crippen LogP contribution is 2.19. The summed E-state index contributed by atoms with van der Waals surface area (Å²) < 4.78 is 1.26. The number of fused-ring (bicyclic) bond motifs is 1. The summed E-state index contributed by atoms with van der Waals surface area (Å²) in [7, 11) is 0. The van der Waals surface area contributed by atoms with Gasteiger partial charge in [-0.2, -0.15) is 0 Å². The van der Waals surface area contributed by atoms with Crippen LogP contribution in [-0.4, -0.2) is 25.5 Å². The molecule has 0 unspecified atom stereocenters. The number of amides is 1. The SMILES string of the molecule is Cc1ccc(NC(=O)c2c[nH]n3c(=O)cc(CSc4ccccn4)nc23)cc1. The number of aromatic amines is 1. The Morgan fingerprint density at radius 2 is 2.04 bits per heavy atom.